The predicted molar refractivity (Wildman–Crippen MR) is 74.2 cm³/mol. The summed E-state index contributed by atoms with van der Waals surface area (Å²) in [6.45, 7) is 1.40. The number of carboxylic acid groups (broad SMARTS) is 1. The summed E-state index contributed by atoms with van der Waals surface area (Å²) in [5.74, 6) is -1.61. The molecule has 7 heteroatoms. The van der Waals surface area contributed by atoms with E-state index in [1.54, 1.807) is 24.3 Å². The molecule has 0 saturated carbocycles. The molecule has 0 heterocycles. The number of amides is 2. The van der Waals surface area contributed by atoms with E-state index in [1.165, 1.54) is 6.92 Å². The Bertz CT molecular complexity index is 499. The average molecular weight is 279 g/mol. The fourth-order valence-corrected chi connectivity index (χ4v) is 1.47. The normalized spacial score (nSPS) is 11.5. The first-order valence-electron chi connectivity index (χ1n) is 6.04. The van der Waals surface area contributed by atoms with Crippen molar-refractivity contribution >= 4 is 29.2 Å². The number of hydrogen-bond donors (Lipinski definition) is 4. The highest BCUT2D eigenvalue weighted by atomic mass is 16.4. The lowest BCUT2D eigenvalue weighted by Gasteiger charge is -2.08. The van der Waals surface area contributed by atoms with E-state index in [4.69, 9.17) is 10.8 Å². The van der Waals surface area contributed by atoms with Crippen molar-refractivity contribution in [1.29, 1.82) is 0 Å². The number of carboxylic acids is 1. The summed E-state index contributed by atoms with van der Waals surface area (Å²) in [5, 5.41) is 13.8. The first-order chi connectivity index (χ1) is 9.38. The molecule has 0 bridgehead atoms. The van der Waals surface area contributed by atoms with Crippen LogP contribution in [0, 0.1) is 0 Å². The van der Waals surface area contributed by atoms with E-state index in [0.29, 0.717) is 11.4 Å². The molecular weight excluding hydrogens is 262 g/mol. The zero-order valence-electron chi connectivity index (χ0n) is 11.1. The maximum absolute atomic E-state index is 11.6. The zero-order chi connectivity index (χ0) is 15.1. The number of aliphatic carboxylic acids is 1. The van der Waals surface area contributed by atoms with Crippen LogP contribution in [0.25, 0.3) is 0 Å². The van der Waals surface area contributed by atoms with Crippen LogP contribution in [-0.4, -0.2) is 28.9 Å². The standard InChI is InChI=1S/C13H17N3O4/c1-8(17)15-9-2-4-10(5-3-9)16-12(18)7-6-11(14)13(19)20/h2-5,11H,6-7,14H2,1H3,(H,15,17)(H,16,18)(H,19,20)/t11-/m0/s1. The summed E-state index contributed by atoms with van der Waals surface area (Å²) in [6, 6.07) is 5.54. The van der Waals surface area contributed by atoms with E-state index < -0.39 is 12.0 Å². The first kappa shape index (κ1) is 15.6. The number of carbonyl (C=O) groups is 3. The van der Waals surface area contributed by atoms with E-state index in [-0.39, 0.29) is 24.7 Å². The van der Waals surface area contributed by atoms with Crippen molar-refractivity contribution in [1.82, 2.24) is 0 Å². The lowest BCUT2D eigenvalue weighted by molar-refractivity contribution is -0.138. The summed E-state index contributed by atoms with van der Waals surface area (Å²) < 4.78 is 0. The number of nitrogens with two attached hydrogens (primary N) is 1. The van der Waals surface area contributed by atoms with Gasteiger partial charge in [0, 0.05) is 24.7 Å². The number of nitrogens with one attached hydrogen (secondary N) is 2. The molecule has 0 aliphatic heterocycles. The van der Waals surface area contributed by atoms with Gasteiger partial charge in [-0.3, -0.25) is 14.4 Å². The quantitative estimate of drug-likeness (QED) is 0.613. The van der Waals surface area contributed by atoms with Crippen molar-refractivity contribution in [2.24, 2.45) is 5.73 Å². The largest absolute Gasteiger partial charge is 0.480 e. The minimum Gasteiger partial charge on any atom is -0.480 e. The third-order valence-corrected chi connectivity index (χ3v) is 2.49. The third kappa shape index (κ3) is 5.49. The molecule has 1 aromatic carbocycles. The van der Waals surface area contributed by atoms with Gasteiger partial charge in [0.25, 0.3) is 0 Å². The number of anilines is 2. The van der Waals surface area contributed by atoms with E-state index in [9.17, 15) is 14.4 Å². The second-order valence-corrected chi connectivity index (χ2v) is 4.29. The Morgan fingerprint density at radius 1 is 1.15 bits per heavy atom. The van der Waals surface area contributed by atoms with Crippen molar-refractivity contribution in [3.8, 4) is 0 Å². The van der Waals surface area contributed by atoms with Gasteiger partial charge >= 0.3 is 5.97 Å². The van der Waals surface area contributed by atoms with Gasteiger partial charge in [-0.05, 0) is 30.7 Å². The van der Waals surface area contributed by atoms with Gasteiger partial charge in [-0.25, -0.2) is 0 Å². The molecule has 5 N–H and O–H groups in total. The van der Waals surface area contributed by atoms with Gasteiger partial charge in [-0.15, -0.1) is 0 Å². The molecule has 7 nitrogen and oxygen atoms in total. The second kappa shape index (κ2) is 7.25. The van der Waals surface area contributed by atoms with E-state index in [2.05, 4.69) is 10.6 Å². The Balaban J connectivity index is 2.46. The molecule has 1 rings (SSSR count). The molecule has 0 spiro atoms. The topological polar surface area (TPSA) is 122 Å². The van der Waals surface area contributed by atoms with Crippen LogP contribution in [0.1, 0.15) is 19.8 Å². The van der Waals surface area contributed by atoms with Crippen molar-refractivity contribution in [3.63, 3.8) is 0 Å². The van der Waals surface area contributed by atoms with Crippen LogP contribution in [0.5, 0.6) is 0 Å². The van der Waals surface area contributed by atoms with Crippen molar-refractivity contribution in [3.05, 3.63) is 24.3 Å². The van der Waals surface area contributed by atoms with Crippen LogP contribution >= 0.6 is 0 Å². The summed E-state index contributed by atoms with van der Waals surface area (Å²) in [5.41, 5.74) is 6.50. The highest BCUT2D eigenvalue weighted by Crippen LogP contribution is 2.14. The SMILES string of the molecule is CC(=O)Nc1ccc(NC(=O)CC[C@H](N)C(=O)O)cc1. The summed E-state index contributed by atoms with van der Waals surface area (Å²) in [7, 11) is 0. The second-order valence-electron chi connectivity index (χ2n) is 4.29. The van der Waals surface area contributed by atoms with Gasteiger partial charge in [0.2, 0.25) is 11.8 Å². The fraction of sp³-hybridized carbons (Fsp3) is 0.308. The van der Waals surface area contributed by atoms with Crippen molar-refractivity contribution in [2.45, 2.75) is 25.8 Å². The van der Waals surface area contributed by atoms with Gasteiger partial charge in [-0.1, -0.05) is 0 Å². The van der Waals surface area contributed by atoms with E-state index >= 15 is 0 Å². The van der Waals surface area contributed by atoms with E-state index in [0.717, 1.165) is 0 Å². The molecule has 0 aliphatic rings. The number of carbonyl (C=O) groups excluding carboxylic acids is 2. The Labute approximate surface area is 116 Å². The Kier molecular flexibility index (Phi) is 5.67. The smallest absolute Gasteiger partial charge is 0.320 e. The molecule has 0 fully saturated rings. The van der Waals surface area contributed by atoms with Gasteiger partial charge in [0.05, 0.1) is 0 Å². The van der Waals surface area contributed by atoms with Crippen LogP contribution in [0.15, 0.2) is 24.3 Å². The molecule has 0 radical (unpaired) electrons. The first-order valence-corrected chi connectivity index (χ1v) is 6.04. The Morgan fingerprint density at radius 3 is 2.10 bits per heavy atom. The van der Waals surface area contributed by atoms with Crippen LogP contribution in [-0.2, 0) is 14.4 Å². The lowest BCUT2D eigenvalue weighted by Crippen LogP contribution is -2.31. The molecule has 20 heavy (non-hydrogen) atoms. The molecule has 0 aromatic heterocycles. The lowest BCUT2D eigenvalue weighted by atomic mass is 10.1. The van der Waals surface area contributed by atoms with Gasteiger partial charge < -0.3 is 21.5 Å². The molecule has 0 saturated heterocycles. The predicted octanol–water partition coefficient (Wildman–Crippen LogP) is 0.776. The summed E-state index contributed by atoms with van der Waals surface area (Å²) in [4.78, 5) is 32.9. The Hall–Kier alpha value is -2.41. The maximum Gasteiger partial charge on any atom is 0.320 e. The molecule has 108 valence electrons. The fourth-order valence-electron chi connectivity index (χ4n) is 1.47. The zero-order valence-corrected chi connectivity index (χ0v) is 11.1. The summed E-state index contributed by atoms with van der Waals surface area (Å²) >= 11 is 0. The number of benzene rings is 1. The molecule has 0 unspecified atom stereocenters. The van der Waals surface area contributed by atoms with Gasteiger partial charge in [-0.2, -0.15) is 0 Å². The van der Waals surface area contributed by atoms with Crippen LogP contribution in [0.3, 0.4) is 0 Å². The molecule has 1 aromatic rings. The van der Waals surface area contributed by atoms with Crippen LogP contribution in [0.4, 0.5) is 11.4 Å². The van der Waals surface area contributed by atoms with Crippen LogP contribution < -0.4 is 16.4 Å². The minimum absolute atomic E-state index is 0.0287. The highest BCUT2D eigenvalue weighted by molar-refractivity contribution is 5.92. The maximum atomic E-state index is 11.6. The summed E-state index contributed by atoms with van der Waals surface area (Å²) in [6.07, 6.45) is 0.103. The number of hydrogen-bond acceptors (Lipinski definition) is 4. The average Bonchev–Trinajstić information content (AvgIpc) is 2.37. The molecular formula is C13H17N3O4. The van der Waals surface area contributed by atoms with Gasteiger partial charge in [0.15, 0.2) is 0 Å². The van der Waals surface area contributed by atoms with E-state index in [1.807, 2.05) is 0 Å². The Morgan fingerprint density at radius 2 is 1.65 bits per heavy atom. The third-order valence-electron chi connectivity index (χ3n) is 2.49. The van der Waals surface area contributed by atoms with Gasteiger partial charge in [0.1, 0.15) is 6.04 Å². The van der Waals surface area contributed by atoms with Crippen LogP contribution in [0.2, 0.25) is 0 Å². The number of rotatable bonds is 6. The van der Waals surface area contributed by atoms with Crippen molar-refractivity contribution in [2.75, 3.05) is 10.6 Å². The molecule has 2 amide bonds. The monoisotopic (exact) mass is 279 g/mol. The minimum atomic E-state index is -1.13. The molecule has 0 aliphatic carbocycles. The molecule has 1 atom stereocenters. The highest BCUT2D eigenvalue weighted by Gasteiger charge is 2.13. The van der Waals surface area contributed by atoms with Crippen molar-refractivity contribution < 1.29 is 19.5 Å².